The number of hydrogen-bond donors (Lipinski definition) is 3. The number of benzene rings is 1. The molecule has 2 aliphatic heterocycles. The number of primary amides is 1. The van der Waals surface area contributed by atoms with Gasteiger partial charge < -0.3 is 16.2 Å². The second-order valence-electron chi connectivity index (χ2n) is 6.10. The van der Waals surface area contributed by atoms with Crippen LogP contribution in [0.3, 0.4) is 0 Å². The maximum atomic E-state index is 13.5. The van der Waals surface area contributed by atoms with Crippen molar-refractivity contribution in [1.82, 2.24) is 10.2 Å². The SMILES string of the molecule is Cc1[nH]nc2c1C1(C(=O)N2CC(N)=O)C(C#N)=C(N)Oc2ccccc21. The summed E-state index contributed by atoms with van der Waals surface area (Å²) in [5, 5.41) is 16.8. The summed E-state index contributed by atoms with van der Waals surface area (Å²) in [6.45, 7) is 1.37. The molecule has 5 N–H and O–H groups in total. The molecule has 2 aromatic rings. The molecule has 2 amide bonds. The van der Waals surface area contributed by atoms with E-state index in [0.29, 0.717) is 22.6 Å². The average Bonchev–Trinajstić information content (AvgIpc) is 3.08. The van der Waals surface area contributed by atoms with Crippen molar-refractivity contribution in [1.29, 1.82) is 5.26 Å². The zero-order chi connectivity index (χ0) is 18.6. The van der Waals surface area contributed by atoms with E-state index in [2.05, 4.69) is 10.2 Å². The molecule has 1 spiro atoms. The molecule has 9 heteroatoms. The van der Waals surface area contributed by atoms with E-state index in [9.17, 15) is 14.9 Å². The standard InChI is InChI=1S/C17H14N6O3/c1-8-13-15(22-21-8)23(7-12(19)24)16(25)17(13)9-4-2-3-5-11(9)26-14(20)10(17)6-18/h2-5H,7,20H2,1H3,(H2,19,24)(H,21,22). The number of rotatable bonds is 2. The van der Waals surface area contributed by atoms with Gasteiger partial charge in [0.1, 0.15) is 29.4 Å². The predicted octanol–water partition coefficient (Wildman–Crippen LogP) is -0.0776. The Bertz CT molecular complexity index is 1050. The zero-order valence-electron chi connectivity index (χ0n) is 13.7. The first kappa shape index (κ1) is 15.7. The number of para-hydroxylation sites is 1. The monoisotopic (exact) mass is 350 g/mol. The molecule has 0 aliphatic carbocycles. The van der Waals surface area contributed by atoms with Gasteiger partial charge in [0.25, 0.3) is 0 Å². The van der Waals surface area contributed by atoms with Gasteiger partial charge in [-0.05, 0) is 13.0 Å². The van der Waals surface area contributed by atoms with Crippen molar-refractivity contribution in [3.63, 3.8) is 0 Å². The summed E-state index contributed by atoms with van der Waals surface area (Å²) >= 11 is 0. The van der Waals surface area contributed by atoms with Crippen LogP contribution < -0.4 is 21.1 Å². The molecule has 9 nitrogen and oxygen atoms in total. The molecule has 1 aromatic carbocycles. The van der Waals surface area contributed by atoms with Gasteiger partial charge in [-0.25, -0.2) is 0 Å². The number of ether oxygens (including phenoxy) is 1. The predicted molar refractivity (Wildman–Crippen MR) is 89.5 cm³/mol. The Morgan fingerprint density at radius 1 is 1.46 bits per heavy atom. The van der Waals surface area contributed by atoms with Crippen LogP contribution in [0.15, 0.2) is 35.7 Å². The van der Waals surface area contributed by atoms with Gasteiger partial charge in [0.05, 0.1) is 0 Å². The van der Waals surface area contributed by atoms with Crippen LogP contribution in [-0.2, 0) is 15.0 Å². The number of amides is 2. The normalized spacial score (nSPS) is 20.6. The summed E-state index contributed by atoms with van der Waals surface area (Å²) in [5.41, 5.74) is 11.2. The van der Waals surface area contributed by atoms with Crippen LogP contribution >= 0.6 is 0 Å². The van der Waals surface area contributed by atoms with Gasteiger partial charge >= 0.3 is 0 Å². The maximum Gasteiger partial charge on any atom is 0.249 e. The summed E-state index contributed by atoms with van der Waals surface area (Å²) in [6, 6.07) is 8.85. The average molecular weight is 350 g/mol. The Morgan fingerprint density at radius 2 is 2.19 bits per heavy atom. The Labute approximate surface area is 147 Å². The van der Waals surface area contributed by atoms with Crippen molar-refractivity contribution >= 4 is 17.6 Å². The van der Waals surface area contributed by atoms with Crippen LogP contribution in [0.4, 0.5) is 5.82 Å². The van der Waals surface area contributed by atoms with Gasteiger partial charge in [-0.1, -0.05) is 18.2 Å². The van der Waals surface area contributed by atoms with E-state index in [1.54, 1.807) is 31.2 Å². The Morgan fingerprint density at radius 3 is 2.88 bits per heavy atom. The van der Waals surface area contributed by atoms with Crippen LogP contribution in [-0.4, -0.2) is 28.6 Å². The topological polar surface area (TPSA) is 151 Å². The van der Waals surface area contributed by atoms with E-state index in [4.69, 9.17) is 16.2 Å². The molecule has 2 aliphatic rings. The number of nitrogens with two attached hydrogens (primary N) is 2. The molecule has 0 bridgehead atoms. The van der Waals surface area contributed by atoms with E-state index >= 15 is 0 Å². The first-order valence-corrected chi connectivity index (χ1v) is 7.76. The van der Waals surface area contributed by atoms with Crippen LogP contribution in [0.2, 0.25) is 0 Å². The third kappa shape index (κ3) is 1.70. The van der Waals surface area contributed by atoms with Crippen LogP contribution in [0.25, 0.3) is 0 Å². The number of hydrogen-bond acceptors (Lipinski definition) is 6. The molecule has 26 heavy (non-hydrogen) atoms. The van der Waals surface area contributed by atoms with Crippen molar-refractivity contribution in [2.75, 3.05) is 11.4 Å². The lowest BCUT2D eigenvalue weighted by atomic mass is 9.69. The van der Waals surface area contributed by atoms with E-state index < -0.39 is 17.2 Å². The fourth-order valence-corrected chi connectivity index (χ4v) is 3.74. The largest absolute Gasteiger partial charge is 0.440 e. The van der Waals surface area contributed by atoms with Crippen LogP contribution in [0.5, 0.6) is 5.75 Å². The van der Waals surface area contributed by atoms with Crippen molar-refractivity contribution < 1.29 is 14.3 Å². The summed E-state index contributed by atoms with van der Waals surface area (Å²) < 4.78 is 5.56. The molecule has 1 atom stereocenters. The fourth-order valence-electron chi connectivity index (χ4n) is 3.74. The molecule has 0 fully saturated rings. The highest BCUT2D eigenvalue weighted by Crippen LogP contribution is 2.55. The number of aromatic amines is 1. The van der Waals surface area contributed by atoms with E-state index in [-0.39, 0.29) is 23.8 Å². The number of aryl methyl sites for hydroxylation is 1. The number of nitrogens with zero attached hydrogens (tertiary/aromatic N) is 3. The lowest BCUT2D eigenvalue weighted by Gasteiger charge is -2.34. The third-order valence-electron chi connectivity index (χ3n) is 4.68. The minimum absolute atomic E-state index is 0.0427. The second-order valence-corrected chi connectivity index (χ2v) is 6.10. The molecule has 3 heterocycles. The quantitative estimate of drug-likeness (QED) is 0.689. The summed E-state index contributed by atoms with van der Waals surface area (Å²) in [6.07, 6.45) is 0. The summed E-state index contributed by atoms with van der Waals surface area (Å²) in [4.78, 5) is 26.2. The fraction of sp³-hybridized carbons (Fsp3) is 0.176. The number of nitrogens with one attached hydrogen (secondary N) is 1. The van der Waals surface area contributed by atoms with Gasteiger partial charge in [0, 0.05) is 16.8 Å². The molecule has 4 rings (SSSR count). The molecular formula is C17H14N6O3. The summed E-state index contributed by atoms with van der Waals surface area (Å²) in [7, 11) is 0. The van der Waals surface area contributed by atoms with Crippen molar-refractivity contribution in [3.8, 4) is 11.8 Å². The number of anilines is 1. The lowest BCUT2D eigenvalue weighted by molar-refractivity contribution is -0.123. The van der Waals surface area contributed by atoms with Gasteiger partial charge in [0.2, 0.25) is 17.7 Å². The number of aromatic nitrogens is 2. The number of fused-ring (bicyclic) bond motifs is 4. The van der Waals surface area contributed by atoms with Crippen molar-refractivity contribution in [2.45, 2.75) is 12.3 Å². The van der Waals surface area contributed by atoms with Crippen LogP contribution in [0, 0.1) is 18.3 Å². The molecule has 130 valence electrons. The first-order valence-electron chi connectivity index (χ1n) is 7.76. The lowest BCUT2D eigenvalue weighted by Crippen LogP contribution is -2.48. The van der Waals surface area contributed by atoms with Crippen LogP contribution in [0.1, 0.15) is 16.8 Å². The van der Waals surface area contributed by atoms with E-state index in [1.807, 2.05) is 6.07 Å². The van der Waals surface area contributed by atoms with Gasteiger partial charge in [-0.15, -0.1) is 0 Å². The number of carbonyl (C=O) groups excluding carboxylic acids is 2. The number of H-pyrrole nitrogens is 1. The highest BCUT2D eigenvalue weighted by atomic mass is 16.5. The maximum absolute atomic E-state index is 13.5. The van der Waals surface area contributed by atoms with E-state index in [1.165, 1.54) is 4.90 Å². The van der Waals surface area contributed by atoms with E-state index in [0.717, 1.165) is 0 Å². The second kappa shape index (κ2) is 5.10. The molecule has 0 saturated heterocycles. The zero-order valence-corrected chi connectivity index (χ0v) is 13.7. The molecular weight excluding hydrogens is 336 g/mol. The number of carbonyl (C=O) groups is 2. The highest BCUT2D eigenvalue weighted by Gasteiger charge is 2.61. The van der Waals surface area contributed by atoms with Gasteiger partial charge in [-0.3, -0.25) is 19.6 Å². The molecule has 1 aromatic heterocycles. The molecule has 0 saturated carbocycles. The Kier molecular flexibility index (Phi) is 3.08. The third-order valence-corrected chi connectivity index (χ3v) is 4.68. The molecule has 0 radical (unpaired) electrons. The van der Waals surface area contributed by atoms with Gasteiger partial charge in [0.15, 0.2) is 5.82 Å². The smallest absolute Gasteiger partial charge is 0.249 e. The summed E-state index contributed by atoms with van der Waals surface area (Å²) in [5.74, 6) is -0.751. The number of nitriles is 1. The minimum atomic E-state index is -1.53. The molecule has 1 unspecified atom stereocenters. The minimum Gasteiger partial charge on any atom is -0.440 e. The Balaban J connectivity index is 2.12. The Hall–Kier alpha value is -3.80. The highest BCUT2D eigenvalue weighted by molar-refractivity contribution is 6.15. The van der Waals surface area contributed by atoms with Crippen molar-refractivity contribution in [3.05, 3.63) is 52.5 Å². The first-order chi connectivity index (χ1) is 12.4. The van der Waals surface area contributed by atoms with Gasteiger partial charge in [-0.2, -0.15) is 10.4 Å². The van der Waals surface area contributed by atoms with Crippen molar-refractivity contribution in [2.24, 2.45) is 11.5 Å².